The average Bonchev–Trinajstić information content (AvgIpc) is 2.21. The van der Waals surface area contributed by atoms with Crippen LogP contribution in [0.4, 0.5) is 12.9 Å². The Bertz CT molecular complexity index is 216. The summed E-state index contributed by atoms with van der Waals surface area (Å²) in [5.74, 6) is 0. The van der Waals surface area contributed by atoms with E-state index in [1.165, 1.54) is 0 Å². The highest BCUT2D eigenvalue weighted by molar-refractivity contribution is 6.66. The van der Waals surface area contributed by atoms with Gasteiger partial charge < -0.3 is 12.9 Å². The third-order valence-electron chi connectivity index (χ3n) is 2.88. The van der Waals surface area contributed by atoms with Crippen LogP contribution in [-0.2, 0) is 0 Å². The fourth-order valence-electron chi connectivity index (χ4n) is 1.44. The molecule has 16 heavy (non-hydrogen) atoms. The van der Waals surface area contributed by atoms with Gasteiger partial charge in [0.2, 0.25) is 0 Å². The molecule has 5 heteroatoms. The highest BCUT2D eigenvalue weighted by Crippen LogP contribution is 2.20. The van der Waals surface area contributed by atoms with E-state index in [9.17, 15) is 12.9 Å². The van der Waals surface area contributed by atoms with Gasteiger partial charge in [0.15, 0.2) is 0 Å². The van der Waals surface area contributed by atoms with E-state index in [0.717, 1.165) is 25.8 Å². The van der Waals surface area contributed by atoms with Gasteiger partial charge >= 0.3 is 6.98 Å². The molecule has 0 heterocycles. The van der Waals surface area contributed by atoms with Gasteiger partial charge in [0, 0.05) is 6.04 Å². The van der Waals surface area contributed by atoms with Crippen LogP contribution in [0, 0.1) is 0 Å². The maximum Gasteiger partial charge on any atom is 0.506 e. The highest BCUT2D eigenvalue weighted by atomic mass is 19.4. The fourth-order valence-corrected chi connectivity index (χ4v) is 1.44. The molecule has 0 saturated carbocycles. The van der Waals surface area contributed by atoms with E-state index < -0.39 is 12.4 Å². The summed E-state index contributed by atoms with van der Waals surface area (Å²) in [6.45, 7) is 4.93. The van der Waals surface area contributed by atoms with E-state index in [2.05, 4.69) is 6.58 Å². The molecule has 0 aromatic rings. The summed E-state index contributed by atoms with van der Waals surface area (Å²) in [4.78, 5) is 1.88. The third-order valence-corrected chi connectivity index (χ3v) is 2.88. The van der Waals surface area contributed by atoms with Crippen LogP contribution in [-0.4, -0.2) is 31.0 Å². The van der Waals surface area contributed by atoms with Crippen LogP contribution in [0.15, 0.2) is 12.1 Å². The summed E-state index contributed by atoms with van der Waals surface area (Å²) >= 11 is 0. The van der Waals surface area contributed by atoms with Crippen LogP contribution >= 0.6 is 0 Å². The first-order valence-corrected chi connectivity index (χ1v) is 5.94. The molecule has 0 saturated heterocycles. The highest BCUT2D eigenvalue weighted by Gasteiger charge is 2.28. The van der Waals surface area contributed by atoms with Crippen molar-refractivity contribution in [3.63, 3.8) is 0 Å². The number of unbranched alkanes of at least 4 members (excludes halogenated alkanes) is 1. The molecule has 0 aromatic heterocycles. The molecular formula is C11H22BF3N-. The van der Waals surface area contributed by atoms with E-state index in [1.807, 2.05) is 25.7 Å². The first-order valence-electron chi connectivity index (χ1n) is 5.94. The van der Waals surface area contributed by atoms with Crippen molar-refractivity contribution in [2.24, 2.45) is 0 Å². The first kappa shape index (κ1) is 15.6. The minimum atomic E-state index is -4.89. The predicted octanol–water partition coefficient (Wildman–Crippen LogP) is 3.83. The summed E-state index contributed by atoms with van der Waals surface area (Å²) in [5, 5.41) is 0. The number of halogens is 3. The van der Waals surface area contributed by atoms with Crippen LogP contribution < -0.4 is 0 Å². The Balaban J connectivity index is 4.36. The first-order chi connectivity index (χ1) is 7.32. The molecule has 0 radical (unpaired) electrons. The van der Waals surface area contributed by atoms with Gasteiger partial charge in [-0.05, 0) is 32.9 Å². The molecule has 0 aliphatic carbocycles. The van der Waals surface area contributed by atoms with Gasteiger partial charge in [0.25, 0.3) is 0 Å². The second-order valence-corrected chi connectivity index (χ2v) is 4.31. The minimum absolute atomic E-state index is 0.0431. The van der Waals surface area contributed by atoms with Crippen molar-refractivity contribution < 1.29 is 12.9 Å². The lowest BCUT2D eigenvalue weighted by Crippen LogP contribution is -2.38. The SMILES string of the molecule is C=C(CN(CCCC)C(C)CC)[B-](F)(F)F. The Morgan fingerprint density at radius 2 is 1.88 bits per heavy atom. The smallest absolute Gasteiger partial charge is 0.445 e. The number of nitrogens with zero attached hydrogens (tertiary/aromatic N) is 1. The molecule has 1 nitrogen and oxygen atoms in total. The zero-order valence-corrected chi connectivity index (χ0v) is 10.5. The largest absolute Gasteiger partial charge is 0.506 e. The number of hydrogen-bond acceptors (Lipinski definition) is 1. The molecule has 0 aromatic carbocycles. The lowest BCUT2D eigenvalue weighted by atomic mass is 9.80. The topological polar surface area (TPSA) is 3.24 Å². The van der Waals surface area contributed by atoms with Gasteiger partial charge in [-0.1, -0.05) is 20.3 Å². The fraction of sp³-hybridized carbons (Fsp3) is 0.818. The van der Waals surface area contributed by atoms with Gasteiger partial charge in [-0.2, -0.15) is 0 Å². The van der Waals surface area contributed by atoms with Crippen molar-refractivity contribution in [2.75, 3.05) is 13.1 Å². The molecule has 1 unspecified atom stereocenters. The van der Waals surface area contributed by atoms with Gasteiger partial charge in [-0.3, -0.25) is 4.90 Å². The normalized spacial score (nSPS) is 14.2. The van der Waals surface area contributed by atoms with E-state index >= 15 is 0 Å². The Morgan fingerprint density at radius 3 is 2.25 bits per heavy atom. The molecule has 0 aliphatic rings. The molecule has 0 fully saturated rings. The number of hydrogen-bond donors (Lipinski definition) is 0. The van der Waals surface area contributed by atoms with Crippen LogP contribution in [0.3, 0.4) is 0 Å². The second kappa shape index (κ2) is 6.99. The van der Waals surface area contributed by atoms with Gasteiger partial charge in [0.1, 0.15) is 0 Å². The molecule has 96 valence electrons. The van der Waals surface area contributed by atoms with Gasteiger partial charge in [-0.15, -0.1) is 12.1 Å². The molecule has 1 atom stereocenters. The van der Waals surface area contributed by atoms with Crippen molar-refractivity contribution in [1.29, 1.82) is 0 Å². The van der Waals surface area contributed by atoms with E-state index in [4.69, 9.17) is 0 Å². The zero-order valence-electron chi connectivity index (χ0n) is 10.5. The summed E-state index contributed by atoms with van der Waals surface area (Å²) in [5.41, 5.74) is -0.587. The quantitative estimate of drug-likeness (QED) is 0.579. The molecule has 0 spiro atoms. The predicted molar refractivity (Wildman–Crippen MR) is 64.5 cm³/mol. The monoisotopic (exact) mass is 236 g/mol. The maximum atomic E-state index is 12.4. The zero-order chi connectivity index (χ0) is 12.8. The Morgan fingerprint density at radius 1 is 1.31 bits per heavy atom. The number of rotatable bonds is 8. The third kappa shape index (κ3) is 5.59. The van der Waals surface area contributed by atoms with Crippen molar-refractivity contribution in [3.8, 4) is 0 Å². The van der Waals surface area contributed by atoms with Crippen LogP contribution in [0.25, 0.3) is 0 Å². The van der Waals surface area contributed by atoms with Crippen molar-refractivity contribution in [1.82, 2.24) is 4.90 Å². The Labute approximate surface area is 96.8 Å². The molecule has 0 N–H and O–H groups in total. The van der Waals surface area contributed by atoms with Crippen LogP contribution in [0.5, 0.6) is 0 Å². The van der Waals surface area contributed by atoms with E-state index in [-0.39, 0.29) is 12.6 Å². The van der Waals surface area contributed by atoms with Crippen LogP contribution in [0.1, 0.15) is 40.0 Å². The van der Waals surface area contributed by atoms with Gasteiger partial charge in [-0.25, -0.2) is 0 Å². The molecule has 0 bridgehead atoms. The molecule has 0 rings (SSSR count). The molecule has 0 aliphatic heterocycles. The minimum Gasteiger partial charge on any atom is -0.445 e. The lowest BCUT2D eigenvalue weighted by molar-refractivity contribution is 0.218. The van der Waals surface area contributed by atoms with Crippen LogP contribution in [0.2, 0.25) is 0 Å². The summed E-state index contributed by atoms with van der Waals surface area (Å²) < 4.78 is 37.3. The van der Waals surface area contributed by atoms with Gasteiger partial charge in [0.05, 0.1) is 0 Å². The lowest BCUT2D eigenvalue weighted by Gasteiger charge is -2.32. The Kier molecular flexibility index (Phi) is 6.80. The summed E-state index contributed by atoms with van der Waals surface area (Å²) in [7, 11) is 0. The maximum absolute atomic E-state index is 12.4. The molecule has 0 amide bonds. The standard InChI is InChI=1S/C11H22BF3N/c1-5-7-8-16(11(4)6-2)9-10(3)12(13,14)15/h11H,3,5-9H2,1-2,4H3/q-1. The van der Waals surface area contributed by atoms with Crippen molar-refractivity contribution in [2.45, 2.75) is 46.1 Å². The second-order valence-electron chi connectivity index (χ2n) is 4.31. The van der Waals surface area contributed by atoms with E-state index in [1.54, 1.807) is 0 Å². The summed E-state index contributed by atoms with van der Waals surface area (Å²) in [6, 6.07) is 0.182. The Hall–Kier alpha value is -0.445. The van der Waals surface area contributed by atoms with Crippen molar-refractivity contribution >= 4 is 6.98 Å². The average molecular weight is 236 g/mol. The summed E-state index contributed by atoms with van der Waals surface area (Å²) in [6.07, 6.45) is 2.79. The van der Waals surface area contributed by atoms with Crippen molar-refractivity contribution in [3.05, 3.63) is 12.1 Å². The van der Waals surface area contributed by atoms with E-state index in [0.29, 0.717) is 0 Å². The molecular weight excluding hydrogens is 214 g/mol.